The molecule has 1 aromatic rings. The monoisotopic (exact) mass is 252 g/mol. The zero-order valence-electron chi connectivity index (χ0n) is 10.9. The fourth-order valence-corrected chi connectivity index (χ4v) is 1.80. The van der Waals surface area contributed by atoms with Crippen LogP contribution in [0.3, 0.4) is 0 Å². The molecule has 1 aromatic carbocycles. The molecule has 0 aliphatic carbocycles. The smallest absolute Gasteiger partial charge is 0.269 e. The highest BCUT2D eigenvalue weighted by Crippen LogP contribution is 2.21. The van der Waals surface area contributed by atoms with E-state index in [1.54, 1.807) is 12.1 Å². The summed E-state index contributed by atoms with van der Waals surface area (Å²) < 4.78 is 5.26. The van der Waals surface area contributed by atoms with Crippen molar-refractivity contribution in [2.24, 2.45) is 0 Å². The molecule has 0 saturated heterocycles. The number of nitro groups is 1. The van der Waals surface area contributed by atoms with Crippen molar-refractivity contribution in [2.45, 2.75) is 26.3 Å². The van der Waals surface area contributed by atoms with Crippen molar-refractivity contribution in [3.8, 4) is 0 Å². The van der Waals surface area contributed by atoms with Gasteiger partial charge in [0.2, 0.25) is 0 Å². The summed E-state index contributed by atoms with van der Waals surface area (Å²) in [5.74, 6) is 0. The summed E-state index contributed by atoms with van der Waals surface area (Å²) in [4.78, 5) is 10.4. The van der Waals surface area contributed by atoms with E-state index in [1.165, 1.54) is 6.07 Å². The Bertz CT molecular complexity index is 382. The molecule has 100 valence electrons. The predicted molar refractivity (Wildman–Crippen MR) is 70.6 cm³/mol. The molecule has 1 atom stereocenters. The highest BCUT2D eigenvalue weighted by atomic mass is 16.6. The van der Waals surface area contributed by atoms with Crippen LogP contribution >= 0.6 is 0 Å². The molecule has 0 saturated carbocycles. The van der Waals surface area contributed by atoms with Crippen molar-refractivity contribution in [2.75, 3.05) is 19.8 Å². The van der Waals surface area contributed by atoms with Crippen molar-refractivity contribution in [1.82, 2.24) is 5.32 Å². The molecule has 0 aliphatic rings. The van der Waals surface area contributed by atoms with Gasteiger partial charge in [-0.05, 0) is 18.9 Å². The number of hydrogen-bond donors (Lipinski definition) is 1. The maximum atomic E-state index is 10.7. The first kappa shape index (κ1) is 14.6. The van der Waals surface area contributed by atoms with Crippen molar-refractivity contribution < 1.29 is 9.66 Å². The van der Waals surface area contributed by atoms with Crippen LogP contribution in [-0.4, -0.2) is 24.7 Å². The van der Waals surface area contributed by atoms with Gasteiger partial charge in [0.1, 0.15) is 0 Å². The lowest BCUT2D eigenvalue weighted by Crippen LogP contribution is -2.25. The van der Waals surface area contributed by atoms with E-state index in [1.807, 2.05) is 13.0 Å². The van der Waals surface area contributed by atoms with Crippen molar-refractivity contribution in [3.63, 3.8) is 0 Å². The number of hydrogen-bond acceptors (Lipinski definition) is 4. The topological polar surface area (TPSA) is 64.4 Å². The molecule has 1 unspecified atom stereocenters. The van der Waals surface area contributed by atoms with Gasteiger partial charge in [-0.3, -0.25) is 10.1 Å². The molecule has 18 heavy (non-hydrogen) atoms. The number of benzene rings is 1. The molecule has 0 aliphatic heterocycles. The van der Waals surface area contributed by atoms with E-state index in [0.717, 1.165) is 18.5 Å². The summed E-state index contributed by atoms with van der Waals surface area (Å²) in [5, 5.41) is 14.1. The Morgan fingerprint density at radius 3 is 2.83 bits per heavy atom. The summed E-state index contributed by atoms with van der Waals surface area (Å²) in [5.41, 5.74) is 1.08. The van der Waals surface area contributed by atoms with Crippen molar-refractivity contribution in [3.05, 3.63) is 39.9 Å². The first-order valence-corrected chi connectivity index (χ1v) is 6.24. The van der Waals surface area contributed by atoms with Crippen LogP contribution in [0.15, 0.2) is 24.3 Å². The Kier molecular flexibility index (Phi) is 6.32. The van der Waals surface area contributed by atoms with E-state index in [0.29, 0.717) is 13.2 Å². The van der Waals surface area contributed by atoms with E-state index in [4.69, 9.17) is 4.74 Å². The minimum Gasteiger partial charge on any atom is -0.380 e. The Morgan fingerprint density at radius 1 is 1.44 bits per heavy atom. The zero-order chi connectivity index (χ0) is 13.4. The molecule has 0 amide bonds. The Labute approximate surface area is 107 Å². The van der Waals surface area contributed by atoms with Gasteiger partial charge in [-0.2, -0.15) is 0 Å². The molecule has 0 radical (unpaired) electrons. The summed E-state index contributed by atoms with van der Waals surface area (Å²) in [7, 11) is 0. The summed E-state index contributed by atoms with van der Waals surface area (Å²) in [6.07, 6.45) is 0.882. The van der Waals surface area contributed by atoms with E-state index in [9.17, 15) is 10.1 Å². The van der Waals surface area contributed by atoms with Crippen LogP contribution in [0.25, 0.3) is 0 Å². The Morgan fingerprint density at radius 2 is 2.22 bits per heavy atom. The maximum absolute atomic E-state index is 10.7. The first-order chi connectivity index (χ1) is 8.69. The minimum atomic E-state index is -0.365. The highest BCUT2D eigenvalue weighted by molar-refractivity contribution is 5.35. The molecule has 1 rings (SSSR count). The average molecular weight is 252 g/mol. The number of rotatable bonds is 8. The van der Waals surface area contributed by atoms with E-state index >= 15 is 0 Å². The van der Waals surface area contributed by atoms with Gasteiger partial charge in [0.05, 0.1) is 11.5 Å². The minimum absolute atomic E-state index is 0.130. The van der Waals surface area contributed by atoms with E-state index < -0.39 is 0 Å². The van der Waals surface area contributed by atoms with Crippen LogP contribution < -0.4 is 5.32 Å². The highest BCUT2D eigenvalue weighted by Gasteiger charge is 2.12. The zero-order valence-corrected chi connectivity index (χ0v) is 10.9. The van der Waals surface area contributed by atoms with Crippen molar-refractivity contribution in [1.29, 1.82) is 0 Å². The molecule has 1 N–H and O–H groups in total. The lowest BCUT2D eigenvalue weighted by Gasteiger charge is -2.17. The number of ether oxygens (including phenoxy) is 1. The molecule has 5 heteroatoms. The molecular formula is C13H20N2O3. The number of nitro benzene ring substituents is 1. The Hall–Kier alpha value is -1.46. The largest absolute Gasteiger partial charge is 0.380 e. The second-order valence-corrected chi connectivity index (χ2v) is 3.96. The third kappa shape index (κ3) is 4.43. The van der Waals surface area contributed by atoms with Crippen LogP contribution in [0.1, 0.15) is 31.9 Å². The van der Waals surface area contributed by atoms with Gasteiger partial charge in [-0.15, -0.1) is 0 Å². The molecular weight excluding hydrogens is 232 g/mol. The number of nitrogens with zero attached hydrogens (tertiary/aromatic N) is 1. The van der Waals surface area contributed by atoms with Gasteiger partial charge < -0.3 is 10.1 Å². The number of nitrogens with one attached hydrogen (secondary N) is 1. The van der Waals surface area contributed by atoms with Gasteiger partial charge >= 0.3 is 0 Å². The molecule has 0 spiro atoms. The lowest BCUT2D eigenvalue weighted by molar-refractivity contribution is -0.384. The van der Waals surface area contributed by atoms with Gasteiger partial charge in [0.25, 0.3) is 5.69 Å². The van der Waals surface area contributed by atoms with Crippen LogP contribution in [0.5, 0.6) is 0 Å². The molecule has 5 nitrogen and oxygen atoms in total. The Balaban J connectivity index is 2.63. The van der Waals surface area contributed by atoms with Crippen LogP contribution in [0, 0.1) is 10.1 Å². The average Bonchev–Trinajstić information content (AvgIpc) is 2.39. The lowest BCUT2D eigenvalue weighted by atomic mass is 10.0. The van der Waals surface area contributed by atoms with E-state index in [2.05, 4.69) is 12.2 Å². The van der Waals surface area contributed by atoms with Gasteiger partial charge in [0, 0.05) is 31.3 Å². The quantitative estimate of drug-likeness (QED) is 0.439. The van der Waals surface area contributed by atoms with Crippen LogP contribution in [-0.2, 0) is 4.74 Å². The van der Waals surface area contributed by atoms with Gasteiger partial charge in [-0.25, -0.2) is 0 Å². The van der Waals surface area contributed by atoms with Crippen LogP contribution in [0.4, 0.5) is 5.69 Å². The van der Waals surface area contributed by atoms with Crippen LogP contribution in [0.2, 0.25) is 0 Å². The molecule has 0 fully saturated rings. The first-order valence-electron chi connectivity index (χ1n) is 6.24. The fraction of sp³-hybridized carbons (Fsp3) is 0.538. The number of non-ortho nitro benzene ring substituents is 1. The third-order valence-corrected chi connectivity index (χ3v) is 2.73. The SMILES string of the molecule is CCOCCNC(CC)c1cccc([N+](=O)[O-])c1. The molecule has 0 heterocycles. The molecule has 0 bridgehead atoms. The standard InChI is InChI=1S/C13H20N2O3/c1-3-13(14-8-9-18-4-2)11-6-5-7-12(10-11)15(16)17/h5-7,10,13-14H,3-4,8-9H2,1-2H3. The summed E-state index contributed by atoms with van der Waals surface area (Å²) >= 11 is 0. The van der Waals surface area contributed by atoms with Gasteiger partial charge in [0.15, 0.2) is 0 Å². The maximum Gasteiger partial charge on any atom is 0.269 e. The van der Waals surface area contributed by atoms with E-state index in [-0.39, 0.29) is 16.7 Å². The molecule has 0 aromatic heterocycles. The summed E-state index contributed by atoms with van der Waals surface area (Å²) in [6.45, 7) is 6.11. The second-order valence-electron chi connectivity index (χ2n) is 3.96. The van der Waals surface area contributed by atoms with Gasteiger partial charge in [-0.1, -0.05) is 19.1 Å². The van der Waals surface area contributed by atoms with Crippen molar-refractivity contribution >= 4 is 5.69 Å². The predicted octanol–water partition coefficient (Wildman–Crippen LogP) is 2.67. The summed E-state index contributed by atoms with van der Waals surface area (Å²) in [6, 6.07) is 6.90. The fourth-order valence-electron chi connectivity index (χ4n) is 1.80. The normalized spacial score (nSPS) is 12.3. The second kappa shape index (κ2) is 7.79. The third-order valence-electron chi connectivity index (χ3n) is 2.73.